The number of benzene rings is 3. The number of urea groups is 1. The summed E-state index contributed by atoms with van der Waals surface area (Å²) >= 11 is 6.01. The molecule has 0 unspecified atom stereocenters. The summed E-state index contributed by atoms with van der Waals surface area (Å²) in [5.41, 5.74) is 7.54. The summed E-state index contributed by atoms with van der Waals surface area (Å²) in [5.74, 6) is 15.4. The summed E-state index contributed by atoms with van der Waals surface area (Å²) in [6.07, 6.45) is 23.8. The molecule has 7 fully saturated rings. The Morgan fingerprint density at radius 3 is 1.30 bits per heavy atom. The molecule has 48 nitrogen and oxygen atoms in total. The van der Waals surface area contributed by atoms with Gasteiger partial charge in [0.1, 0.15) is 66.6 Å². The fourth-order valence-electron chi connectivity index (χ4n) is 13.9. The van der Waals surface area contributed by atoms with Crippen LogP contribution >= 0.6 is 44.3 Å². The average molecular weight is 2340 g/mol. The van der Waals surface area contributed by atoms with Crippen LogP contribution < -0.4 is 256 Å². The van der Waals surface area contributed by atoms with Crippen molar-refractivity contribution in [3.05, 3.63) is 204 Å². The molecule has 0 aliphatic carbocycles. The molecule has 7 aliphatic heterocycles. The number of aromatic nitrogens is 12. The standard InChI is InChI=1S/C18H20N4O4.C10H12N4O3.C10H15N3O2.C10H14N2O2.C9H14N2O.C9H13NO3S.C8H5NO2.C6H10O2.C4H8O.C3H4Br2O.2CH2O3.2CH4O.ClH.4K.H3N.H2O.2H/c1-12(23)15-11-19-16(13-7-9-26-10-8-13)22(15)21-18(25)20-17(24)14-5-3-2-4-6-14;15-9-7-5-11-8(6-1-3-17-4-2-6)14(7)13-10(16)12-9;1-7(14)9-6-12-10(13(9)11)8-2-4-15-5-3-8;1-7(13)9-6-11-10(12-9)8-2-4-14-5-3-8;1-7-6-10-9(11-7)8-2-4-12-5-3-8;1-6-4-7(2)9(8(3)5-6)14(11,12)13-10;10-6-9-8(11)7-4-2-1-3-5-7;7-5-6-1-3-8-4-2-6;1-2-4-5-3-1;1-2(6)3(4)5;2*2-1-4-3;2*1-2;;;;;;;;;/h2-6,11,13H,7-10H2,1H3,(H2,20,21,24,25);5-6H,1-4H2,(H2,12,13,15,16);6,8H,2-5,11H2,1H3;6,8H,2-5H2,1H3,(H,11,12);6,8H,2-5H2,1H3,(H,10,11);4-5H,10H2,1-3H3;1-5H;5-6H,1-4H2;1-4H2;3H,1H3;2*1,3H;2*2H,1H3;1H;;;;;1H3;1H2;;/q;;;;;;;;;;;;;;;4*+1;;;2*-1/p-2. The molecule has 0 bridgehead atoms. The summed E-state index contributed by atoms with van der Waals surface area (Å²) in [6.45, 7) is 23.9. The van der Waals surface area contributed by atoms with E-state index in [9.17, 15) is 61.2 Å². The van der Waals surface area contributed by atoms with Crippen LogP contribution in [0.3, 0.4) is 0 Å². The Morgan fingerprint density at radius 2 is 0.939 bits per heavy atom. The summed E-state index contributed by atoms with van der Waals surface area (Å²) in [6, 6.07) is 19.6. The fourth-order valence-corrected chi connectivity index (χ4v) is 14.9. The predicted molar refractivity (Wildman–Crippen MR) is 528 cm³/mol. The number of carbonyl (C=O) groups excluding carboxylic acids is 11. The molecule has 0 atom stereocenters. The van der Waals surface area contributed by atoms with Gasteiger partial charge in [-0.3, -0.25) is 53.5 Å². The van der Waals surface area contributed by atoms with E-state index in [-0.39, 0.29) is 301 Å². The van der Waals surface area contributed by atoms with Crippen LogP contribution in [0.4, 0.5) is 4.79 Å². The first kappa shape index (κ1) is 150. The maximum Gasteiger partial charge on any atom is 1.00 e. The monoisotopic (exact) mass is 2340 g/mol. The zero-order valence-electron chi connectivity index (χ0n) is 87.3. The number of imidazole rings is 5. The SMILES string of the molecule is C1CCOC1.CC(=O)C(Br)Br.CC(=O)c1cnc(C2CCOCC2)[nH]1.CC(=O)c1cnc(C2CCOCC2)n1N.CC(=O)c1cnc(C2CCOCC2)n1NC(=O)NC(=O)c1ccccc1.CO.CO.Cc1cc(C)c(S(=O)(=O)ON)c(C)c1.Cc1cnc(C2CCOCC2)[nH]1.Cl.N.O.O=C=NC(=O)c1ccccc1.O=CC1CCOCC1.O=CO[O-].O=CO[O-].O=c1[nH]c(=O)c2cnc(C3CCOCC3)n2[nH]1.[H-].[H-].[K+].[K+].[K+].[K+]. The van der Waals surface area contributed by atoms with Crippen LogP contribution in [0.25, 0.3) is 5.52 Å². The fraction of sp³-hybridized carbons (Fsp3) is 0.495. The summed E-state index contributed by atoms with van der Waals surface area (Å²) in [5, 5.41) is 35.7. The van der Waals surface area contributed by atoms with E-state index in [1.165, 1.54) is 66.0 Å². The third kappa shape index (κ3) is 57.8. The van der Waals surface area contributed by atoms with Gasteiger partial charge in [-0.25, -0.2) is 63.7 Å². The van der Waals surface area contributed by atoms with Crippen LogP contribution in [0.5, 0.6) is 0 Å². The third-order valence-electron chi connectivity index (χ3n) is 20.8. The van der Waals surface area contributed by atoms with Gasteiger partial charge >= 0.3 is 227 Å². The zero-order chi connectivity index (χ0) is 104. The van der Waals surface area contributed by atoms with Gasteiger partial charge in [-0.2, -0.15) is 18.6 Å². The van der Waals surface area contributed by atoms with E-state index < -0.39 is 39.2 Å². The largest absolute Gasteiger partial charge is 1.00 e. The predicted octanol–water partition coefficient (Wildman–Crippen LogP) is -4.97. The number of hydrogen-bond donors (Lipinski definition) is 11. The van der Waals surface area contributed by atoms with Crippen LogP contribution in [-0.4, -0.2) is 260 Å². The Kier molecular flexibility index (Phi) is 90.1. The van der Waals surface area contributed by atoms with Crippen molar-refractivity contribution in [2.45, 2.75) is 184 Å². The number of halogens is 3. The molecule has 16 rings (SSSR count). The van der Waals surface area contributed by atoms with Gasteiger partial charge in [0.15, 0.2) is 23.1 Å². The Bertz CT molecular complexity index is 5490. The third-order valence-corrected chi connectivity index (χ3v) is 23.5. The topological polar surface area (TPSA) is 732 Å². The van der Waals surface area contributed by atoms with Gasteiger partial charge in [0.25, 0.3) is 30.3 Å². The van der Waals surface area contributed by atoms with Gasteiger partial charge in [-0.15, -0.1) is 17.4 Å². The second kappa shape index (κ2) is 88.1. The number of ketones is 4. The van der Waals surface area contributed by atoms with Crippen LogP contribution in [0.15, 0.2) is 123 Å². The van der Waals surface area contributed by atoms with E-state index in [2.05, 4.69) is 107 Å². The van der Waals surface area contributed by atoms with Crippen molar-refractivity contribution in [1.82, 2.24) is 70.3 Å². The quantitative estimate of drug-likeness (QED) is 0.00468. The number of nitrogens with zero attached hydrogens (tertiary/aromatic N) is 9. The molecule has 798 valence electrons. The van der Waals surface area contributed by atoms with Crippen molar-refractivity contribution in [3.63, 3.8) is 0 Å². The number of nitrogen functional groups attached to an aromatic ring is 1. The number of aldehydes is 1. The van der Waals surface area contributed by atoms with Gasteiger partial charge < -0.3 is 98.7 Å². The molecule has 9 aromatic rings. The van der Waals surface area contributed by atoms with E-state index in [0.717, 1.165) is 198 Å². The molecular formula is C91H133Br2ClK4N18O30S. The van der Waals surface area contributed by atoms with Crippen molar-refractivity contribution in [2.24, 2.45) is 16.8 Å². The number of Topliss-reactive ketones (excluding diaryl/α,β-unsaturated/α-hetero) is 4. The second-order valence-corrected chi connectivity index (χ2v) is 35.4. The number of amides is 4. The van der Waals surface area contributed by atoms with E-state index in [1.807, 2.05) is 20.0 Å². The molecule has 0 spiro atoms. The molecule has 147 heavy (non-hydrogen) atoms. The van der Waals surface area contributed by atoms with Gasteiger partial charge in [0, 0.05) is 186 Å². The number of aliphatic imine (C=N–C) groups is 1. The maximum atomic E-state index is 12.3. The Balaban J connectivity index is -0.000000302. The number of ether oxygens (including phenoxy) is 7. The average Bonchev–Trinajstić information content (AvgIpc) is 1.61. The molecule has 0 radical (unpaired) electrons. The molecule has 0 saturated carbocycles. The van der Waals surface area contributed by atoms with Crippen molar-refractivity contribution < 1.29 is 343 Å². The molecule has 6 aromatic heterocycles. The van der Waals surface area contributed by atoms with E-state index in [4.69, 9.17) is 75.2 Å². The van der Waals surface area contributed by atoms with Crippen molar-refractivity contribution in [1.29, 1.82) is 0 Å². The number of fused-ring (bicyclic) bond motifs is 1. The minimum Gasteiger partial charge on any atom is -1.00 e. The number of aliphatic hydroxyl groups excluding tert-OH is 2. The van der Waals surface area contributed by atoms with Crippen LogP contribution in [0.1, 0.15) is 254 Å². The Hall–Kier alpha value is -5.12. The van der Waals surface area contributed by atoms with E-state index >= 15 is 0 Å². The van der Waals surface area contributed by atoms with Gasteiger partial charge in [-0.05, 0) is 160 Å². The zero-order valence-corrected chi connectivity index (χ0v) is 103. The molecule has 56 heteroatoms. The van der Waals surface area contributed by atoms with E-state index in [1.54, 1.807) is 106 Å². The Morgan fingerprint density at radius 1 is 0.558 bits per heavy atom. The number of nitrogens with one attached hydrogen (secondary N) is 6. The normalized spacial score (nSPS) is 14.4. The molecule has 7 saturated heterocycles. The summed E-state index contributed by atoms with van der Waals surface area (Å²) in [4.78, 5) is 177. The van der Waals surface area contributed by atoms with Crippen molar-refractivity contribution in [2.75, 3.05) is 118 Å². The molecular weight excluding hydrogens is 2210 g/mol. The second-order valence-electron chi connectivity index (χ2n) is 30.8. The summed E-state index contributed by atoms with van der Waals surface area (Å²) in [7, 11) is -1.80. The summed E-state index contributed by atoms with van der Waals surface area (Å²) < 4.78 is 67.4. The number of aromatic amines is 4. The van der Waals surface area contributed by atoms with E-state index in [0.29, 0.717) is 89.2 Å². The number of nitrogens with two attached hydrogens (primary N) is 2. The van der Waals surface area contributed by atoms with Gasteiger partial charge in [0.05, 0.1) is 24.8 Å². The number of alkyl halides is 2. The molecule has 3 aromatic carbocycles. The smallest absolute Gasteiger partial charge is 1.00 e. The van der Waals surface area contributed by atoms with Crippen LogP contribution in [0.2, 0.25) is 0 Å². The number of isocyanates is 1. The van der Waals surface area contributed by atoms with Crippen molar-refractivity contribution in [3.8, 4) is 0 Å². The number of H-pyrrole nitrogens is 4. The minimum absolute atomic E-state index is 0. The van der Waals surface area contributed by atoms with Crippen LogP contribution in [-0.2, 0) is 81.3 Å². The maximum absolute atomic E-state index is 12.3. The number of imide groups is 1. The number of carbonyl (C=O) groups is 10. The molecule has 13 heterocycles. The number of hydrogen-bond acceptors (Lipinski definition) is 37. The number of aliphatic hydroxyl groups is 2. The first-order valence-corrected chi connectivity index (χ1v) is 47.4. The van der Waals surface area contributed by atoms with Crippen molar-refractivity contribution >= 4 is 126 Å². The number of rotatable bonds is 17. The first-order chi connectivity index (χ1) is 67.3. The molecule has 7 aliphatic rings. The first-order valence-electron chi connectivity index (χ1n) is 44.2. The molecule has 4 amide bonds. The number of aryl methyl sites for hydroxylation is 4. The molecule has 17 N–H and O–H groups in total. The van der Waals surface area contributed by atoms with Crippen LogP contribution in [0, 0.1) is 33.6 Å². The minimum atomic E-state index is -3.80. The van der Waals surface area contributed by atoms with Gasteiger partial charge in [0.2, 0.25) is 6.08 Å². The Labute approximate surface area is 1050 Å². The van der Waals surface area contributed by atoms with Gasteiger partial charge in [-0.1, -0.05) is 86.0 Å².